The van der Waals surface area contributed by atoms with Crippen molar-refractivity contribution in [2.45, 2.75) is 26.3 Å². The molecule has 96 valence electrons. The van der Waals surface area contributed by atoms with E-state index in [9.17, 15) is 4.79 Å². The maximum atomic E-state index is 12.1. The maximum Gasteiger partial charge on any atom is 0.263 e. The van der Waals surface area contributed by atoms with Gasteiger partial charge in [-0.3, -0.25) is 4.79 Å². The van der Waals surface area contributed by atoms with E-state index in [0.29, 0.717) is 14.9 Å². The largest absolute Gasteiger partial charge is 0.349 e. The van der Waals surface area contributed by atoms with Crippen molar-refractivity contribution in [1.29, 1.82) is 0 Å². The molecule has 1 unspecified atom stereocenters. The topological polar surface area (TPSA) is 29.1 Å². The van der Waals surface area contributed by atoms with Crippen LogP contribution in [0.3, 0.4) is 0 Å². The minimum absolute atomic E-state index is 0.119. The van der Waals surface area contributed by atoms with Crippen LogP contribution in [-0.4, -0.2) is 11.9 Å². The molecule has 0 aliphatic rings. The number of halogens is 2. The van der Waals surface area contributed by atoms with Crippen LogP contribution in [0.15, 0.2) is 18.2 Å². The van der Waals surface area contributed by atoms with Gasteiger partial charge in [-0.15, -0.1) is 11.3 Å². The third-order valence-corrected chi connectivity index (χ3v) is 4.68. The number of carbonyl (C=O) groups is 1. The highest BCUT2D eigenvalue weighted by Gasteiger charge is 2.18. The van der Waals surface area contributed by atoms with Crippen LogP contribution in [0.1, 0.15) is 29.9 Å². The SMILES string of the molecule is CCC(C)NC(=O)c1sc2cc(Cl)ccc2c1Cl. The monoisotopic (exact) mass is 301 g/mol. The lowest BCUT2D eigenvalue weighted by Crippen LogP contribution is -2.31. The molecule has 1 atom stereocenters. The normalized spacial score (nSPS) is 12.7. The average molecular weight is 302 g/mol. The Balaban J connectivity index is 2.39. The molecule has 2 rings (SSSR count). The van der Waals surface area contributed by atoms with Crippen molar-refractivity contribution in [1.82, 2.24) is 5.32 Å². The third kappa shape index (κ3) is 2.63. The summed E-state index contributed by atoms with van der Waals surface area (Å²) < 4.78 is 0.932. The second-order valence-electron chi connectivity index (χ2n) is 4.17. The molecule has 1 heterocycles. The Morgan fingerprint density at radius 1 is 1.44 bits per heavy atom. The fraction of sp³-hybridized carbons (Fsp3) is 0.308. The highest BCUT2D eigenvalue weighted by molar-refractivity contribution is 7.21. The number of fused-ring (bicyclic) bond motifs is 1. The van der Waals surface area contributed by atoms with Gasteiger partial charge in [-0.2, -0.15) is 0 Å². The quantitative estimate of drug-likeness (QED) is 0.872. The summed E-state index contributed by atoms with van der Waals surface area (Å²) in [6, 6.07) is 5.59. The first-order valence-corrected chi connectivity index (χ1v) is 7.28. The Bertz CT molecular complexity index is 594. The molecule has 1 amide bonds. The molecule has 0 fully saturated rings. The predicted molar refractivity (Wildman–Crippen MR) is 79.1 cm³/mol. The van der Waals surface area contributed by atoms with E-state index in [-0.39, 0.29) is 11.9 Å². The van der Waals surface area contributed by atoms with Gasteiger partial charge in [0.2, 0.25) is 0 Å². The summed E-state index contributed by atoms with van der Waals surface area (Å²) in [7, 11) is 0. The van der Waals surface area contributed by atoms with Crippen molar-refractivity contribution < 1.29 is 4.79 Å². The molecule has 0 saturated carbocycles. The first kappa shape index (κ1) is 13.7. The Labute approximate surface area is 120 Å². The number of benzene rings is 1. The summed E-state index contributed by atoms with van der Waals surface area (Å²) in [5.41, 5.74) is 0. The van der Waals surface area contributed by atoms with E-state index in [1.807, 2.05) is 26.0 Å². The van der Waals surface area contributed by atoms with Gasteiger partial charge in [0.15, 0.2) is 0 Å². The van der Waals surface area contributed by atoms with Crippen molar-refractivity contribution in [3.8, 4) is 0 Å². The Hall–Kier alpha value is -0.770. The Morgan fingerprint density at radius 2 is 2.17 bits per heavy atom. The minimum atomic E-state index is -0.119. The highest BCUT2D eigenvalue weighted by Crippen LogP contribution is 2.36. The lowest BCUT2D eigenvalue weighted by Gasteiger charge is -2.10. The standard InChI is InChI=1S/C13H13Cl2NOS/c1-3-7(2)16-13(17)12-11(15)9-5-4-8(14)6-10(9)18-12/h4-7H,3H2,1-2H3,(H,16,17). The summed E-state index contributed by atoms with van der Waals surface area (Å²) in [5.74, 6) is -0.119. The fourth-order valence-corrected chi connectivity index (χ4v) is 3.27. The number of hydrogen-bond acceptors (Lipinski definition) is 2. The molecule has 5 heteroatoms. The molecule has 1 aromatic heterocycles. The molecule has 18 heavy (non-hydrogen) atoms. The molecule has 0 aliphatic heterocycles. The number of thiophene rings is 1. The van der Waals surface area contributed by atoms with E-state index in [2.05, 4.69) is 5.32 Å². The molecule has 1 aromatic carbocycles. The number of nitrogens with one attached hydrogen (secondary N) is 1. The van der Waals surface area contributed by atoms with Crippen LogP contribution < -0.4 is 5.32 Å². The fourth-order valence-electron chi connectivity index (χ4n) is 1.58. The van der Waals surface area contributed by atoms with Crippen molar-refractivity contribution in [3.05, 3.63) is 33.1 Å². The van der Waals surface area contributed by atoms with Crippen molar-refractivity contribution in [2.24, 2.45) is 0 Å². The van der Waals surface area contributed by atoms with E-state index >= 15 is 0 Å². The van der Waals surface area contributed by atoms with Gasteiger partial charge in [-0.1, -0.05) is 36.2 Å². The van der Waals surface area contributed by atoms with Crippen molar-refractivity contribution in [3.63, 3.8) is 0 Å². The lowest BCUT2D eigenvalue weighted by atomic mass is 10.2. The molecular weight excluding hydrogens is 289 g/mol. The maximum absolute atomic E-state index is 12.1. The zero-order chi connectivity index (χ0) is 13.3. The molecular formula is C13H13Cl2NOS. The van der Waals surface area contributed by atoms with Crippen LogP contribution in [0.2, 0.25) is 10.0 Å². The van der Waals surface area contributed by atoms with Gasteiger partial charge in [0.05, 0.1) is 5.02 Å². The summed E-state index contributed by atoms with van der Waals surface area (Å²) in [5, 5.41) is 4.95. The van der Waals surface area contributed by atoms with Gasteiger partial charge in [-0.25, -0.2) is 0 Å². The summed E-state index contributed by atoms with van der Waals surface area (Å²) >= 11 is 13.5. The summed E-state index contributed by atoms with van der Waals surface area (Å²) in [4.78, 5) is 12.6. The van der Waals surface area contributed by atoms with Gasteiger partial charge < -0.3 is 5.32 Å². The van der Waals surface area contributed by atoms with E-state index in [0.717, 1.165) is 16.5 Å². The second kappa shape index (κ2) is 5.47. The smallest absolute Gasteiger partial charge is 0.263 e. The number of amides is 1. The number of carbonyl (C=O) groups excluding carboxylic acids is 1. The van der Waals surface area contributed by atoms with Gasteiger partial charge in [0, 0.05) is 21.2 Å². The first-order chi connectivity index (χ1) is 8.52. The molecule has 1 N–H and O–H groups in total. The highest BCUT2D eigenvalue weighted by atomic mass is 35.5. The van der Waals surface area contributed by atoms with E-state index in [1.165, 1.54) is 11.3 Å². The average Bonchev–Trinajstić information content (AvgIpc) is 2.66. The minimum Gasteiger partial charge on any atom is -0.349 e. The van der Waals surface area contributed by atoms with Crippen LogP contribution in [0.4, 0.5) is 0 Å². The van der Waals surface area contributed by atoms with Gasteiger partial charge in [-0.05, 0) is 25.5 Å². The third-order valence-electron chi connectivity index (χ3n) is 2.79. The predicted octanol–water partition coefficient (Wildman–Crippen LogP) is 4.74. The van der Waals surface area contributed by atoms with Crippen LogP contribution in [0, 0.1) is 0 Å². The summed E-state index contributed by atoms with van der Waals surface area (Å²) in [6.07, 6.45) is 0.889. The van der Waals surface area contributed by atoms with E-state index < -0.39 is 0 Å². The van der Waals surface area contributed by atoms with Crippen LogP contribution in [0.25, 0.3) is 10.1 Å². The van der Waals surface area contributed by atoms with E-state index in [1.54, 1.807) is 6.07 Å². The Kier molecular flexibility index (Phi) is 4.15. The van der Waals surface area contributed by atoms with Crippen molar-refractivity contribution in [2.75, 3.05) is 0 Å². The van der Waals surface area contributed by atoms with Gasteiger partial charge in [0.25, 0.3) is 5.91 Å². The molecule has 2 nitrogen and oxygen atoms in total. The van der Waals surface area contributed by atoms with E-state index in [4.69, 9.17) is 23.2 Å². The van der Waals surface area contributed by atoms with Crippen LogP contribution in [0.5, 0.6) is 0 Å². The van der Waals surface area contributed by atoms with Gasteiger partial charge >= 0.3 is 0 Å². The molecule has 0 saturated heterocycles. The Morgan fingerprint density at radius 3 is 2.83 bits per heavy atom. The lowest BCUT2D eigenvalue weighted by molar-refractivity contribution is 0.0943. The van der Waals surface area contributed by atoms with Crippen LogP contribution >= 0.6 is 34.5 Å². The molecule has 0 radical (unpaired) electrons. The molecule has 0 aliphatic carbocycles. The second-order valence-corrected chi connectivity index (χ2v) is 6.04. The molecule has 0 bridgehead atoms. The van der Waals surface area contributed by atoms with Gasteiger partial charge in [0.1, 0.15) is 4.88 Å². The molecule has 0 spiro atoms. The van der Waals surface area contributed by atoms with Crippen molar-refractivity contribution >= 4 is 50.5 Å². The molecule has 2 aromatic rings. The first-order valence-electron chi connectivity index (χ1n) is 5.71. The van der Waals surface area contributed by atoms with Crippen LogP contribution in [-0.2, 0) is 0 Å². The summed E-state index contributed by atoms with van der Waals surface area (Å²) in [6.45, 7) is 3.99. The number of hydrogen-bond donors (Lipinski definition) is 1. The zero-order valence-electron chi connectivity index (χ0n) is 10.1. The number of rotatable bonds is 3. The zero-order valence-corrected chi connectivity index (χ0v) is 12.4.